The van der Waals surface area contributed by atoms with Crippen LogP contribution >= 0.6 is 11.3 Å². The summed E-state index contributed by atoms with van der Waals surface area (Å²) >= 11 is 1.71. The van der Waals surface area contributed by atoms with Crippen LogP contribution in [0, 0.1) is 0 Å². The molecule has 0 saturated carbocycles. The summed E-state index contributed by atoms with van der Waals surface area (Å²) in [5, 5.41) is 10.4. The summed E-state index contributed by atoms with van der Waals surface area (Å²) in [6.45, 7) is 0.802. The molecule has 0 spiro atoms. The minimum atomic E-state index is 0.566. The maximum absolute atomic E-state index is 4.35. The highest BCUT2D eigenvalue weighted by molar-refractivity contribution is 7.07. The van der Waals surface area contributed by atoms with E-state index in [1.54, 1.807) is 18.4 Å². The van der Waals surface area contributed by atoms with E-state index < -0.39 is 0 Å². The van der Waals surface area contributed by atoms with Gasteiger partial charge < -0.3 is 15.5 Å². The van der Waals surface area contributed by atoms with E-state index in [2.05, 4.69) is 42.4 Å². The molecule has 19 heavy (non-hydrogen) atoms. The van der Waals surface area contributed by atoms with Gasteiger partial charge in [0.15, 0.2) is 0 Å². The van der Waals surface area contributed by atoms with E-state index in [4.69, 9.17) is 0 Å². The molecule has 2 aromatic rings. The van der Waals surface area contributed by atoms with Gasteiger partial charge in [0.2, 0.25) is 17.8 Å². The molecule has 6 nitrogen and oxygen atoms in total. The number of rotatable bonds is 6. The van der Waals surface area contributed by atoms with Crippen molar-refractivity contribution in [1.29, 1.82) is 0 Å². The third kappa shape index (κ3) is 3.78. The van der Waals surface area contributed by atoms with Gasteiger partial charge in [-0.05, 0) is 28.8 Å². The van der Waals surface area contributed by atoms with Crippen LogP contribution in [0.4, 0.5) is 17.8 Å². The SMILES string of the molecule is CNc1nc(NCCc2ccsc2)nc(N(C)C)n1. The van der Waals surface area contributed by atoms with E-state index in [0.29, 0.717) is 17.8 Å². The molecule has 2 N–H and O–H groups in total. The highest BCUT2D eigenvalue weighted by Gasteiger charge is 2.06. The van der Waals surface area contributed by atoms with Crippen LogP contribution in [0.5, 0.6) is 0 Å². The summed E-state index contributed by atoms with van der Waals surface area (Å²) in [5.41, 5.74) is 1.33. The van der Waals surface area contributed by atoms with Crippen LogP contribution < -0.4 is 15.5 Å². The molecule has 0 aliphatic rings. The van der Waals surface area contributed by atoms with Gasteiger partial charge in [-0.15, -0.1) is 0 Å². The van der Waals surface area contributed by atoms with Crippen LogP contribution in [0.15, 0.2) is 16.8 Å². The Hall–Kier alpha value is -1.89. The Morgan fingerprint density at radius 3 is 2.63 bits per heavy atom. The molecule has 0 unspecified atom stereocenters. The summed E-state index contributed by atoms with van der Waals surface area (Å²) in [4.78, 5) is 14.8. The minimum absolute atomic E-state index is 0.566. The zero-order valence-electron chi connectivity index (χ0n) is 11.3. The van der Waals surface area contributed by atoms with Crippen LogP contribution in [-0.4, -0.2) is 42.6 Å². The first-order chi connectivity index (χ1) is 9.19. The van der Waals surface area contributed by atoms with Crippen LogP contribution in [0.1, 0.15) is 5.56 Å². The summed E-state index contributed by atoms with van der Waals surface area (Å²) < 4.78 is 0. The quantitative estimate of drug-likeness (QED) is 0.838. The molecule has 0 atom stereocenters. The summed E-state index contributed by atoms with van der Waals surface area (Å²) in [6, 6.07) is 2.13. The minimum Gasteiger partial charge on any atom is -0.357 e. The maximum Gasteiger partial charge on any atom is 0.231 e. The van der Waals surface area contributed by atoms with Gasteiger partial charge in [0.1, 0.15) is 0 Å². The van der Waals surface area contributed by atoms with Gasteiger partial charge in [0.05, 0.1) is 0 Å². The maximum atomic E-state index is 4.35. The van der Waals surface area contributed by atoms with Gasteiger partial charge in [0, 0.05) is 27.7 Å². The number of aromatic nitrogens is 3. The second-order valence-electron chi connectivity index (χ2n) is 4.24. The van der Waals surface area contributed by atoms with E-state index in [0.717, 1.165) is 13.0 Å². The Bertz CT molecular complexity index is 511. The molecule has 0 fully saturated rings. The zero-order chi connectivity index (χ0) is 13.7. The smallest absolute Gasteiger partial charge is 0.231 e. The van der Waals surface area contributed by atoms with Crippen molar-refractivity contribution in [2.75, 3.05) is 43.2 Å². The Balaban J connectivity index is 2.00. The molecule has 2 aromatic heterocycles. The second-order valence-corrected chi connectivity index (χ2v) is 5.02. The van der Waals surface area contributed by atoms with E-state index in [-0.39, 0.29) is 0 Å². The summed E-state index contributed by atoms with van der Waals surface area (Å²) in [7, 11) is 5.61. The fraction of sp³-hybridized carbons (Fsp3) is 0.417. The predicted octanol–water partition coefficient (Wildman–Crippen LogP) is 1.70. The van der Waals surface area contributed by atoms with E-state index in [1.807, 2.05) is 19.0 Å². The van der Waals surface area contributed by atoms with Gasteiger partial charge in [-0.3, -0.25) is 0 Å². The molecule has 102 valence electrons. The Morgan fingerprint density at radius 2 is 2.00 bits per heavy atom. The third-order valence-electron chi connectivity index (χ3n) is 2.52. The second kappa shape index (κ2) is 6.33. The van der Waals surface area contributed by atoms with Crippen molar-refractivity contribution in [3.05, 3.63) is 22.4 Å². The fourth-order valence-electron chi connectivity index (χ4n) is 1.51. The Kier molecular flexibility index (Phi) is 4.51. The van der Waals surface area contributed by atoms with E-state index in [1.165, 1.54) is 5.56 Å². The van der Waals surface area contributed by atoms with Gasteiger partial charge >= 0.3 is 0 Å². The molecular formula is C12H18N6S. The Morgan fingerprint density at radius 1 is 1.21 bits per heavy atom. The van der Waals surface area contributed by atoms with Crippen LogP contribution in [-0.2, 0) is 6.42 Å². The number of thiophene rings is 1. The standard InChI is InChI=1S/C12H18N6S/c1-13-10-15-11(17-12(16-10)18(2)3)14-6-4-9-5-7-19-8-9/h5,7-8H,4,6H2,1-3H3,(H2,13,14,15,16,17). The van der Waals surface area contributed by atoms with Crippen LogP contribution in [0.2, 0.25) is 0 Å². The molecule has 0 aromatic carbocycles. The van der Waals surface area contributed by atoms with Crippen molar-refractivity contribution in [3.63, 3.8) is 0 Å². The topological polar surface area (TPSA) is 66.0 Å². The Labute approximate surface area is 116 Å². The first kappa shape index (κ1) is 13.5. The molecule has 0 radical (unpaired) electrons. The molecular weight excluding hydrogens is 260 g/mol. The molecule has 0 saturated heterocycles. The first-order valence-electron chi connectivity index (χ1n) is 6.05. The predicted molar refractivity (Wildman–Crippen MR) is 80.2 cm³/mol. The fourth-order valence-corrected chi connectivity index (χ4v) is 2.21. The average molecular weight is 278 g/mol. The number of nitrogens with zero attached hydrogens (tertiary/aromatic N) is 4. The lowest BCUT2D eigenvalue weighted by Crippen LogP contribution is -2.17. The van der Waals surface area contributed by atoms with Crippen molar-refractivity contribution in [3.8, 4) is 0 Å². The van der Waals surface area contributed by atoms with Gasteiger partial charge in [-0.25, -0.2) is 0 Å². The zero-order valence-corrected chi connectivity index (χ0v) is 12.2. The molecule has 0 amide bonds. The van der Waals surface area contributed by atoms with Crippen molar-refractivity contribution >= 4 is 29.2 Å². The lowest BCUT2D eigenvalue weighted by Gasteiger charge is -2.13. The first-order valence-corrected chi connectivity index (χ1v) is 6.99. The summed E-state index contributed by atoms with van der Waals surface area (Å²) in [6.07, 6.45) is 0.960. The number of hydrogen-bond donors (Lipinski definition) is 2. The largest absolute Gasteiger partial charge is 0.357 e. The molecule has 0 bridgehead atoms. The van der Waals surface area contributed by atoms with Crippen molar-refractivity contribution in [2.45, 2.75) is 6.42 Å². The van der Waals surface area contributed by atoms with Crippen LogP contribution in [0.25, 0.3) is 0 Å². The highest BCUT2D eigenvalue weighted by Crippen LogP contribution is 2.11. The van der Waals surface area contributed by atoms with Crippen molar-refractivity contribution < 1.29 is 0 Å². The van der Waals surface area contributed by atoms with E-state index >= 15 is 0 Å². The summed E-state index contributed by atoms with van der Waals surface area (Å²) in [5.74, 6) is 1.80. The monoisotopic (exact) mass is 278 g/mol. The number of anilines is 3. The van der Waals surface area contributed by atoms with Gasteiger partial charge in [-0.1, -0.05) is 0 Å². The van der Waals surface area contributed by atoms with Crippen molar-refractivity contribution in [1.82, 2.24) is 15.0 Å². The lowest BCUT2D eigenvalue weighted by molar-refractivity contribution is 0.932. The highest BCUT2D eigenvalue weighted by atomic mass is 32.1. The third-order valence-corrected chi connectivity index (χ3v) is 3.26. The number of nitrogens with one attached hydrogen (secondary N) is 2. The molecule has 2 heterocycles. The van der Waals surface area contributed by atoms with E-state index in [9.17, 15) is 0 Å². The van der Waals surface area contributed by atoms with Gasteiger partial charge in [0.25, 0.3) is 0 Å². The normalized spacial score (nSPS) is 10.3. The lowest BCUT2D eigenvalue weighted by atomic mass is 10.2. The molecule has 7 heteroatoms. The van der Waals surface area contributed by atoms with Crippen LogP contribution in [0.3, 0.4) is 0 Å². The molecule has 2 rings (SSSR count). The number of hydrogen-bond acceptors (Lipinski definition) is 7. The molecule has 0 aliphatic carbocycles. The average Bonchev–Trinajstić information content (AvgIpc) is 2.91. The van der Waals surface area contributed by atoms with Crippen molar-refractivity contribution in [2.24, 2.45) is 0 Å². The van der Waals surface area contributed by atoms with Gasteiger partial charge in [-0.2, -0.15) is 26.3 Å². The molecule has 0 aliphatic heterocycles.